The Morgan fingerprint density at radius 1 is 1.35 bits per heavy atom. The molecule has 23 heavy (non-hydrogen) atoms. The molecule has 3 N–H and O–H groups in total. The average Bonchev–Trinajstić information content (AvgIpc) is 2.51. The van der Waals surface area contributed by atoms with Crippen LogP contribution in [0.15, 0.2) is 29.2 Å². The molecule has 1 amide bonds. The van der Waals surface area contributed by atoms with E-state index in [0.29, 0.717) is 24.2 Å². The zero-order chi connectivity index (χ0) is 17.0. The molecule has 0 aliphatic carbocycles. The first-order valence-corrected chi connectivity index (χ1v) is 7.80. The van der Waals surface area contributed by atoms with Gasteiger partial charge in [0.2, 0.25) is 5.43 Å². The van der Waals surface area contributed by atoms with Gasteiger partial charge in [-0.05, 0) is 46.1 Å². The maximum Gasteiger partial charge on any atom is 0.256 e. The van der Waals surface area contributed by atoms with Crippen molar-refractivity contribution in [1.29, 1.82) is 0 Å². The Morgan fingerprint density at radius 3 is 2.74 bits per heavy atom. The zero-order valence-electron chi connectivity index (χ0n) is 13.9. The highest BCUT2D eigenvalue weighted by atomic mass is 16.2. The van der Waals surface area contributed by atoms with Gasteiger partial charge >= 0.3 is 0 Å². The highest BCUT2D eigenvalue weighted by Crippen LogP contribution is 2.18. The van der Waals surface area contributed by atoms with Crippen molar-refractivity contribution in [2.45, 2.75) is 19.9 Å². The van der Waals surface area contributed by atoms with Crippen LogP contribution in [-0.2, 0) is 6.54 Å². The smallest absolute Gasteiger partial charge is 0.256 e. The molecular weight excluding hydrogens is 292 g/mol. The molecule has 1 aromatic carbocycles. The predicted octanol–water partition coefficient (Wildman–Crippen LogP) is 1.29. The van der Waals surface area contributed by atoms with Gasteiger partial charge in [-0.15, -0.1) is 0 Å². The summed E-state index contributed by atoms with van der Waals surface area (Å²) in [5.74, 6) is -0.346. The molecule has 2 aromatic rings. The molecule has 2 rings (SSSR count). The quantitative estimate of drug-likeness (QED) is 0.621. The first kappa shape index (κ1) is 17.0. The van der Waals surface area contributed by atoms with Crippen molar-refractivity contribution in [1.82, 2.24) is 14.8 Å². The van der Waals surface area contributed by atoms with E-state index in [0.717, 1.165) is 18.5 Å². The number of anilines is 1. The fourth-order valence-electron chi connectivity index (χ4n) is 2.58. The largest absolute Gasteiger partial charge is 0.398 e. The molecule has 6 heteroatoms. The van der Waals surface area contributed by atoms with E-state index in [9.17, 15) is 9.59 Å². The van der Waals surface area contributed by atoms with E-state index in [1.54, 1.807) is 12.3 Å². The van der Waals surface area contributed by atoms with Crippen LogP contribution in [0.4, 0.5) is 5.69 Å². The maximum atomic E-state index is 12.6. The number of benzene rings is 1. The van der Waals surface area contributed by atoms with Crippen LogP contribution in [0.5, 0.6) is 0 Å². The summed E-state index contributed by atoms with van der Waals surface area (Å²) in [6.07, 6.45) is 2.45. The number of amides is 1. The molecule has 1 heterocycles. The van der Waals surface area contributed by atoms with Crippen LogP contribution < -0.4 is 16.5 Å². The van der Waals surface area contributed by atoms with Crippen molar-refractivity contribution >= 4 is 22.5 Å². The summed E-state index contributed by atoms with van der Waals surface area (Å²) in [5, 5.41) is 3.22. The van der Waals surface area contributed by atoms with Gasteiger partial charge < -0.3 is 20.5 Å². The summed E-state index contributed by atoms with van der Waals surface area (Å²) in [6, 6.07) is 5.34. The van der Waals surface area contributed by atoms with Crippen LogP contribution in [0.1, 0.15) is 23.7 Å². The Bertz CT molecular complexity index is 765. The number of rotatable bonds is 6. The van der Waals surface area contributed by atoms with Crippen LogP contribution >= 0.6 is 0 Å². The SMILES string of the molecule is CCn1cc(C(=O)NCCCN(C)C)c(=O)c2c(N)cccc21. The van der Waals surface area contributed by atoms with Gasteiger partial charge in [0.15, 0.2) is 0 Å². The number of carbonyl (C=O) groups is 1. The molecule has 0 radical (unpaired) electrons. The minimum absolute atomic E-state index is 0.141. The topological polar surface area (TPSA) is 80.4 Å². The summed E-state index contributed by atoms with van der Waals surface area (Å²) in [6.45, 7) is 4.03. The van der Waals surface area contributed by atoms with E-state index in [-0.39, 0.29) is 16.9 Å². The van der Waals surface area contributed by atoms with Crippen LogP contribution in [0.25, 0.3) is 10.9 Å². The number of hydrogen-bond acceptors (Lipinski definition) is 4. The van der Waals surface area contributed by atoms with Crippen molar-refractivity contribution in [3.8, 4) is 0 Å². The maximum absolute atomic E-state index is 12.6. The summed E-state index contributed by atoms with van der Waals surface area (Å²) < 4.78 is 1.88. The Balaban J connectivity index is 2.34. The molecular formula is C17H24N4O2. The fraction of sp³-hybridized carbons (Fsp3) is 0.412. The Labute approximate surface area is 135 Å². The van der Waals surface area contributed by atoms with E-state index in [1.165, 1.54) is 0 Å². The lowest BCUT2D eigenvalue weighted by molar-refractivity contribution is 0.0950. The Morgan fingerprint density at radius 2 is 2.09 bits per heavy atom. The van der Waals surface area contributed by atoms with Gasteiger partial charge in [0.05, 0.1) is 10.9 Å². The van der Waals surface area contributed by atoms with E-state index in [4.69, 9.17) is 5.73 Å². The molecule has 0 saturated heterocycles. The molecule has 124 valence electrons. The first-order valence-electron chi connectivity index (χ1n) is 7.80. The highest BCUT2D eigenvalue weighted by molar-refractivity contribution is 6.00. The number of fused-ring (bicyclic) bond motifs is 1. The lowest BCUT2D eigenvalue weighted by Crippen LogP contribution is -2.32. The summed E-state index contributed by atoms with van der Waals surface area (Å²) in [7, 11) is 3.96. The summed E-state index contributed by atoms with van der Waals surface area (Å²) in [5.41, 5.74) is 6.93. The molecule has 0 atom stereocenters. The number of hydrogen-bond donors (Lipinski definition) is 2. The van der Waals surface area contributed by atoms with Crippen LogP contribution in [0, 0.1) is 0 Å². The van der Waals surface area contributed by atoms with Crippen molar-refractivity contribution < 1.29 is 4.79 Å². The van der Waals surface area contributed by atoms with Gasteiger partial charge in [-0.1, -0.05) is 6.07 Å². The molecule has 0 bridgehead atoms. The molecule has 0 aliphatic rings. The second-order valence-electron chi connectivity index (χ2n) is 5.81. The van der Waals surface area contributed by atoms with E-state index >= 15 is 0 Å². The molecule has 0 saturated carbocycles. The van der Waals surface area contributed by atoms with Crippen LogP contribution in [0.3, 0.4) is 0 Å². The zero-order valence-corrected chi connectivity index (χ0v) is 13.9. The second kappa shape index (κ2) is 7.28. The molecule has 6 nitrogen and oxygen atoms in total. The number of nitrogens with one attached hydrogen (secondary N) is 1. The van der Waals surface area contributed by atoms with Crippen molar-refractivity contribution in [2.24, 2.45) is 0 Å². The molecule has 0 spiro atoms. The third-order valence-corrected chi connectivity index (χ3v) is 3.79. The number of pyridine rings is 1. The van der Waals surface area contributed by atoms with E-state index in [2.05, 4.69) is 5.32 Å². The number of carbonyl (C=O) groups excluding carboxylic acids is 1. The second-order valence-corrected chi connectivity index (χ2v) is 5.81. The lowest BCUT2D eigenvalue weighted by atomic mass is 10.1. The van der Waals surface area contributed by atoms with Crippen LogP contribution in [-0.4, -0.2) is 42.6 Å². The van der Waals surface area contributed by atoms with Gasteiger partial charge in [0, 0.05) is 25.0 Å². The van der Waals surface area contributed by atoms with Gasteiger partial charge in [-0.3, -0.25) is 9.59 Å². The average molecular weight is 316 g/mol. The summed E-state index contributed by atoms with van der Waals surface area (Å²) in [4.78, 5) is 27.0. The number of nitrogen functional groups attached to an aromatic ring is 1. The van der Waals surface area contributed by atoms with Gasteiger partial charge in [0.1, 0.15) is 5.56 Å². The third kappa shape index (κ3) is 3.71. The van der Waals surface area contributed by atoms with Gasteiger partial charge in [-0.25, -0.2) is 0 Å². The monoisotopic (exact) mass is 316 g/mol. The molecule has 0 fully saturated rings. The Kier molecular flexibility index (Phi) is 5.39. The summed E-state index contributed by atoms with van der Waals surface area (Å²) >= 11 is 0. The normalized spacial score (nSPS) is 11.1. The molecule has 0 unspecified atom stereocenters. The lowest BCUT2D eigenvalue weighted by Gasteiger charge is -2.13. The Hall–Kier alpha value is -2.34. The number of nitrogens with two attached hydrogens (primary N) is 1. The fourth-order valence-corrected chi connectivity index (χ4v) is 2.58. The highest BCUT2D eigenvalue weighted by Gasteiger charge is 2.16. The number of aryl methyl sites for hydroxylation is 1. The third-order valence-electron chi connectivity index (χ3n) is 3.79. The number of nitrogens with zero attached hydrogens (tertiary/aromatic N) is 2. The van der Waals surface area contributed by atoms with Crippen LogP contribution in [0.2, 0.25) is 0 Å². The van der Waals surface area contributed by atoms with Crippen molar-refractivity contribution in [3.05, 3.63) is 40.2 Å². The van der Waals surface area contributed by atoms with Crippen molar-refractivity contribution in [2.75, 3.05) is 32.9 Å². The van der Waals surface area contributed by atoms with Gasteiger partial charge in [-0.2, -0.15) is 0 Å². The molecule has 0 aliphatic heterocycles. The van der Waals surface area contributed by atoms with Gasteiger partial charge in [0.25, 0.3) is 5.91 Å². The first-order chi connectivity index (χ1) is 11.0. The standard InChI is InChI=1S/C17H24N4O2/c1-4-21-11-12(17(23)19-9-6-10-20(2)3)16(22)15-13(18)7-5-8-14(15)21/h5,7-8,11H,4,6,9-10,18H2,1-3H3,(H,19,23). The predicted molar refractivity (Wildman–Crippen MR) is 93.8 cm³/mol. The van der Waals surface area contributed by atoms with E-state index in [1.807, 2.05) is 42.6 Å². The number of aromatic nitrogens is 1. The minimum atomic E-state index is -0.346. The minimum Gasteiger partial charge on any atom is -0.398 e. The molecule has 1 aromatic heterocycles. The van der Waals surface area contributed by atoms with E-state index < -0.39 is 0 Å². The van der Waals surface area contributed by atoms with Crippen molar-refractivity contribution in [3.63, 3.8) is 0 Å².